The van der Waals surface area contributed by atoms with E-state index in [0.717, 1.165) is 0 Å². The lowest BCUT2D eigenvalue weighted by atomic mass is 10.1. The van der Waals surface area contributed by atoms with Crippen molar-refractivity contribution >= 4 is 17.6 Å². The Hall–Kier alpha value is -2.53. The van der Waals surface area contributed by atoms with E-state index in [0.29, 0.717) is 0 Å². The molecule has 0 saturated heterocycles. The number of likely N-dealkylation sites (N-methyl/N-ethyl adjacent to an activating group) is 1. The number of rotatable bonds is 5. The minimum atomic E-state index is -0.486. The van der Waals surface area contributed by atoms with Crippen molar-refractivity contribution < 1.29 is 14.3 Å². The van der Waals surface area contributed by atoms with Crippen LogP contribution in [0.25, 0.3) is 10.4 Å². The van der Waals surface area contributed by atoms with Gasteiger partial charge in [0.15, 0.2) is 0 Å². The molecule has 0 N–H and O–H groups in total. The number of esters is 1. The van der Waals surface area contributed by atoms with Gasteiger partial charge in [-0.3, -0.25) is 9.59 Å². The van der Waals surface area contributed by atoms with Crippen LogP contribution >= 0.6 is 0 Å². The molecule has 1 rings (SSSR count). The Bertz CT molecular complexity index is 523. The SMILES string of the molecule is CCOC(=O)CN(C)C(=O)c1ccccc1N=[N+]=[N-]. The molecule has 0 spiro atoms. The number of carbonyl (C=O) groups is 2. The molecule has 0 saturated carbocycles. The summed E-state index contributed by atoms with van der Waals surface area (Å²) < 4.78 is 4.76. The molecule has 0 unspecified atom stereocenters. The van der Waals surface area contributed by atoms with Crippen LogP contribution in [0.3, 0.4) is 0 Å². The zero-order chi connectivity index (χ0) is 14.3. The van der Waals surface area contributed by atoms with Gasteiger partial charge in [-0.25, -0.2) is 0 Å². The first-order valence-electron chi connectivity index (χ1n) is 5.65. The second-order valence-corrected chi connectivity index (χ2v) is 3.67. The predicted molar refractivity (Wildman–Crippen MR) is 68.8 cm³/mol. The highest BCUT2D eigenvalue weighted by molar-refractivity contribution is 6.00. The Kier molecular flexibility index (Phi) is 5.37. The summed E-state index contributed by atoms with van der Waals surface area (Å²) in [6.45, 7) is 1.80. The first-order chi connectivity index (χ1) is 9.10. The van der Waals surface area contributed by atoms with Crippen molar-refractivity contribution in [2.45, 2.75) is 6.92 Å². The lowest BCUT2D eigenvalue weighted by Gasteiger charge is -2.16. The lowest BCUT2D eigenvalue weighted by molar-refractivity contribution is -0.143. The van der Waals surface area contributed by atoms with E-state index in [1.807, 2.05) is 0 Å². The molecule has 0 aliphatic rings. The van der Waals surface area contributed by atoms with Crippen molar-refractivity contribution in [1.29, 1.82) is 0 Å². The zero-order valence-corrected chi connectivity index (χ0v) is 10.7. The van der Waals surface area contributed by atoms with E-state index in [4.69, 9.17) is 10.3 Å². The van der Waals surface area contributed by atoms with Gasteiger partial charge in [0.1, 0.15) is 6.54 Å². The molecular formula is C12H14N4O3. The van der Waals surface area contributed by atoms with Gasteiger partial charge in [-0.2, -0.15) is 0 Å². The van der Waals surface area contributed by atoms with Gasteiger partial charge in [0.25, 0.3) is 5.91 Å². The van der Waals surface area contributed by atoms with Gasteiger partial charge in [0.2, 0.25) is 0 Å². The highest BCUT2D eigenvalue weighted by atomic mass is 16.5. The molecule has 100 valence electrons. The summed E-state index contributed by atoms with van der Waals surface area (Å²) in [7, 11) is 1.48. The lowest BCUT2D eigenvalue weighted by Crippen LogP contribution is -2.33. The van der Waals surface area contributed by atoms with Crippen LogP contribution < -0.4 is 0 Å². The quantitative estimate of drug-likeness (QED) is 0.352. The minimum Gasteiger partial charge on any atom is -0.465 e. The van der Waals surface area contributed by atoms with E-state index in [9.17, 15) is 9.59 Å². The zero-order valence-electron chi connectivity index (χ0n) is 10.7. The number of benzene rings is 1. The third-order valence-corrected chi connectivity index (χ3v) is 2.31. The fourth-order valence-corrected chi connectivity index (χ4v) is 1.47. The third-order valence-electron chi connectivity index (χ3n) is 2.31. The van der Waals surface area contributed by atoms with Gasteiger partial charge in [-0.15, -0.1) is 0 Å². The topological polar surface area (TPSA) is 95.4 Å². The highest BCUT2D eigenvalue weighted by Gasteiger charge is 2.17. The van der Waals surface area contributed by atoms with Gasteiger partial charge in [-0.05, 0) is 18.5 Å². The van der Waals surface area contributed by atoms with Crippen LogP contribution in [0.5, 0.6) is 0 Å². The molecule has 0 heterocycles. The second kappa shape index (κ2) is 7.03. The van der Waals surface area contributed by atoms with Crippen LogP contribution in [0.4, 0.5) is 5.69 Å². The summed E-state index contributed by atoms with van der Waals surface area (Å²) in [4.78, 5) is 27.3. The van der Waals surface area contributed by atoms with Crippen molar-refractivity contribution in [2.24, 2.45) is 5.11 Å². The number of carbonyl (C=O) groups excluding carboxylic acids is 2. The van der Waals surface area contributed by atoms with Gasteiger partial charge in [-0.1, -0.05) is 23.3 Å². The standard InChI is InChI=1S/C12H14N4O3/c1-3-19-11(17)8-16(2)12(18)9-6-4-5-7-10(9)14-15-13/h4-7H,3,8H2,1-2H3. The molecule has 1 aromatic carbocycles. The van der Waals surface area contributed by atoms with Crippen LogP contribution in [0, 0.1) is 0 Å². The van der Waals surface area contributed by atoms with Gasteiger partial charge in [0, 0.05) is 17.5 Å². The van der Waals surface area contributed by atoms with Crippen LogP contribution in [0.2, 0.25) is 0 Å². The molecule has 0 bridgehead atoms. The maximum atomic E-state index is 12.1. The number of hydrogen-bond acceptors (Lipinski definition) is 4. The van der Waals surface area contributed by atoms with Gasteiger partial charge >= 0.3 is 5.97 Å². The molecule has 1 aromatic rings. The van der Waals surface area contributed by atoms with Crippen LogP contribution in [0.15, 0.2) is 29.4 Å². The molecule has 7 nitrogen and oxygen atoms in total. The summed E-state index contributed by atoms with van der Waals surface area (Å²) in [6.07, 6.45) is 0. The molecule has 0 aromatic heterocycles. The Morgan fingerprint density at radius 1 is 1.42 bits per heavy atom. The van der Waals surface area contributed by atoms with Crippen LogP contribution in [-0.2, 0) is 9.53 Å². The number of nitrogens with zero attached hydrogens (tertiary/aromatic N) is 4. The monoisotopic (exact) mass is 262 g/mol. The largest absolute Gasteiger partial charge is 0.465 e. The van der Waals surface area contributed by atoms with Crippen LogP contribution in [0.1, 0.15) is 17.3 Å². The molecular weight excluding hydrogens is 248 g/mol. The minimum absolute atomic E-state index is 0.155. The molecule has 0 fully saturated rings. The average molecular weight is 262 g/mol. The smallest absolute Gasteiger partial charge is 0.325 e. The van der Waals surface area contributed by atoms with E-state index in [-0.39, 0.29) is 24.4 Å². The fourth-order valence-electron chi connectivity index (χ4n) is 1.47. The van der Waals surface area contributed by atoms with E-state index in [1.165, 1.54) is 24.1 Å². The molecule has 0 radical (unpaired) electrons. The molecule has 0 atom stereocenters. The molecule has 0 aliphatic heterocycles. The maximum Gasteiger partial charge on any atom is 0.325 e. The number of hydrogen-bond donors (Lipinski definition) is 0. The Labute approximate surface area is 110 Å². The molecule has 7 heteroatoms. The Morgan fingerprint density at radius 3 is 2.74 bits per heavy atom. The number of ether oxygens (including phenoxy) is 1. The predicted octanol–water partition coefficient (Wildman–Crippen LogP) is 2.26. The van der Waals surface area contributed by atoms with Crippen molar-refractivity contribution in [3.05, 3.63) is 40.3 Å². The summed E-state index contributed by atoms with van der Waals surface area (Å²) in [5.74, 6) is -0.893. The third kappa shape index (κ3) is 4.01. The molecule has 1 amide bonds. The number of amides is 1. The summed E-state index contributed by atoms with van der Waals surface area (Å²) in [6, 6.07) is 6.38. The maximum absolute atomic E-state index is 12.1. The Balaban J connectivity index is 2.88. The van der Waals surface area contributed by atoms with Gasteiger partial charge < -0.3 is 9.64 Å². The van der Waals surface area contributed by atoms with E-state index in [1.54, 1.807) is 19.1 Å². The average Bonchev–Trinajstić information content (AvgIpc) is 2.39. The summed E-state index contributed by atoms with van der Waals surface area (Å²) in [5, 5.41) is 3.44. The Morgan fingerprint density at radius 2 is 2.11 bits per heavy atom. The van der Waals surface area contributed by atoms with Crippen molar-refractivity contribution in [2.75, 3.05) is 20.2 Å². The van der Waals surface area contributed by atoms with Gasteiger partial charge in [0.05, 0.1) is 12.3 Å². The van der Waals surface area contributed by atoms with E-state index >= 15 is 0 Å². The molecule has 0 aliphatic carbocycles. The normalized spacial score (nSPS) is 9.37. The van der Waals surface area contributed by atoms with Crippen molar-refractivity contribution in [1.82, 2.24) is 4.90 Å². The molecule has 19 heavy (non-hydrogen) atoms. The summed E-state index contributed by atoms with van der Waals surface area (Å²) >= 11 is 0. The van der Waals surface area contributed by atoms with E-state index in [2.05, 4.69) is 10.0 Å². The first-order valence-corrected chi connectivity index (χ1v) is 5.65. The van der Waals surface area contributed by atoms with Crippen LogP contribution in [-0.4, -0.2) is 37.0 Å². The second-order valence-electron chi connectivity index (χ2n) is 3.67. The first kappa shape index (κ1) is 14.5. The fraction of sp³-hybridized carbons (Fsp3) is 0.333. The number of azide groups is 1. The van der Waals surface area contributed by atoms with E-state index < -0.39 is 11.9 Å². The van der Waals surface area contributed by atoms with Crippen molar-refractivity contribution in [3.63, 3.8) is 0 Å². The summed E-state index contributed by atoms with van der Waals surface area (Å²) in [5.41, 5.74) is 8.91. The van der Waals surface area contributed by atoms with Crippen molar-refractivity contribution in [3.8, 4) is 0 Å². The highest BCUT2D eigenvalue weighted by Crippen LogP contribution is 2.20.